The lowest BCUT2D eigenvalue weighted by atomic mass is 10.3. The standard InChI is InChI=1S/C12H15FN4O2S/c1-9(7-17-5-4-15-8-17)16-20(18,19)12-3-2-10(14)6-11(12)13/h2-6,8-9,16H,7,14H2,1H3. The summed E-state index contributed by atoms with van der Waals surface area (Å²) in [6.07, 6.45) is 4.89. The minimum absolute atomic E-state index is 0.174. The van der Waals surface area contributed by atoms with Crippen molar-refractivity contribution in [2.45, 2.75) is 24.4 Å². The molecule has 2 rings (SSSR count). The number of hydrogen-bond donors (Lipinski definition) is 2. The Labute approximate surface area is 116 Å². The molecule has 6 nitrogen and oxygen atoms in total. The van der Waals surface area contributed by atoms with Crippen molar-refractivity contribution >= 4 is 15.7 Å². The van der Waals surface area contributed by atoms with Crippen molar-refractivity contribution in [3.63, 3.8) is 0 Å². The van der Waals surface area contributed by atoms with Crippen molar-refractivity contribution in [3.8, 4) is 0 Å². The van der Waals surface area contributed by atoms with E-state index in [0.29, 0.717) is 6.54 Å². The fourth-order valence-corrected chi connectivity index (χ4v) is 3.11. The molecule has 0 aliphatic heterocycles. The van der Waals surface area contributed by atoms with E-state index >= 15 is 0 Å². The molecular weight excluding hydrogens is 283 g/mol. The van der Waals surface area contributed by atoms with Crippen molar-refractivity contribution in [1.82, 2.24) is 14.3 Å². The van der Waals surface area contributed by atoms with Crippen LogP contribution < -0.4 is 10.5 Å². The highest BCUT2D eigenvalue weighted by molar-refractivity contribution is 7.89. The molecule has 108 valence electrons. The van der Waals surface area contributed by atoms with Gasteiger partial charge >= 0.3 is 0 Å². The number of hydrogen-bond acceptors (Lipinski definition) is 4. The lowest BCUT2D eigenvalue weighted by molar-refractivity contribution is 0.513. The van der Waals surface area contributed by atoms with Crippen LogP contribution in [0.1, 0.15) is 6.92 Å². The zero-order chi connectivity index (χ0) is 14.8. The first-order valence-electron chi connectivity index (χ1n) is 5.91. The number of aromatic nitrogens is 2. The number of imidazole rings is 1. The van der Waals surface area contributed by atoms with Crippen molar-refractivity contribution in [1.29, 1.82) is 0 Å². The molecule has 20 heavy (non-hydrogen) atoms. The van der Waals surface area contributed by atoms with E-state index in [1.54, 1.807) is 30.2 Å². The van der Waals surface area contributed by atoms with Crippen molar-refractivity contribution in [2.24, 2.45) is 0 Å². The van der Waals surface area contributed by atoms with Gasteiger partial charge in [-0.25, -0.2) is 22.5 Å². The summed E-state index contributed by atoms with van der Waals surface area (Å²) in [5.41, 5.74) is 5.57. The molecule has 8 heteroatoms. The number of nitrogen functional groups attached to an aromatic ring is 1. The summed E-state index contributed by atoms with van der Waals surface area (Å²) in [5.74, 6) is -0.868. The summed E-state index contributed by atoms with van der Waals surface area (Å²) in [6, 6.07) is 3.07. The Morgan fingerprint density at radius 2 is 2.25 bits per heavy atom. The molecule has 0 radical (unpaired) electrons. The minimum atomic E-state index is -3.92. The van der Waals surface area contributed by atoms with Crippen LogP contribution in [-0.4, -0.2) is 24.0 Å². The van der Waals surface area contributed by atoms with Gasteiger partial charge in [0.1, 0.15) is 10.7 Å². The zero-order valence-corrected chi connectivity index (χ0v) is 11.6. The van der Waals surface area contributed by atoms with Crippen LogP contribution in [0.5, 0.6) is 0 Å². The zero-order valence-electron chi connectivity index (χ0n) is 10.8. The van der Waals surface area contributed by atoms with Gasteiger partial charge in [-0.3, -0.25) is 0 Å². The molecule has 1 aromatic heterocycles. The van der Waals surface area contributed by atoms with Crippen LogP contribution in [0.15, 0.2) is 41.8 Å². The van der Waals surface area contributed by atoms with Crippen molar-refractivity contribution < 1.29 is 12.8 Å². The summed E-state index contributed by atoms with van der Waals surface area (Å²) in [4.78, 5) is 3.45. The molecule has 0 saturated heterocycles. The first-order chi connectivity index (χ1) is 9.38. The lowest BCUT2D eigenvalue weighted by Crippen LogP contribution is -2.35. The molecular formula is C12H15FN4O2S. The first-order valence-corrected chi connectivity index (χ1v) is 7.40. The average Bonchev–Trinajstić information content (AvgIpc) is 2.79. The van der Waals surface area contributed by atoms with Gasteiger partial charge in [-0.1, -0.05) is 0 Å². The highest BCUT2D eigenvalue weighted by Crippen LogP contribution is 2.17. The second-order valence-electron chi connectivity index (χ2n) is 4.47. The van der Waals surface area contributed by atoms with Gasteiger partial charge in [-0.15, -0.1) is 0 Å². The molecule has 1 unspecified atom stereocenters. The molecule has 0 fully saturated rings. The van der Waals surface area contributed by atoms with Crippen molar-refractivity contribution in [3.05, 3.63) is 42.7 Å². The van der Waals surface area contributed by atoms with Gasteiger partial charge in [0.2, 0.25) is 10.0 Å². The van der Waals surface area contributed by atoms with Gasteiger partial charge in [0.15, 0.2) is 0 Å². The number of nitrogens with one attached hydrogen (secondary N) is 1. The van der Waals surface area contributed by atoms with Gasteiger partial charge in [0.05, 0.1) is 6.33 Å². The van der Waals surface area contributed by atoms with Crippen molar-refractivity contribution in [2.75, 3.05) is 5.73 Å². The van der Waals surface area contributed by atoms with E-state index in [9.17, 15) is 12.8 Å². The average molecular weight is 298 g/mol. The van der Waals surface area contributed by atoms with Gasteiger partial charge in [-0.05, 0) is 25.1 Å². The third-order valence-electron chi connectivity index (χ3n) is 2.65. The number of nitrogens with zero attached hydrogens (tertiary/aromatic N) is 2. The Morgan fingerprint density at radius 1 is 1.50 bits per heavy atom. The van der Waals surface area contributed by atoms with E-state index in [-0.39, 0.29) is 5.69 Å². The van der Waals surface area contributed by atoms with Crippen LogP contribution in [0.25, 0.3) is 0 Å². The maximum Gasteiger partial charge on any atom is 0.243 e. The summed E-state index contributed by atoms with van der Waals surface area (Å²) >= 11 is 0. The highest BCUT2D eigenvalue weighted by Gasteiger charge is 2.21. The summed E-state index contributed by atoms with van der Waals surface area (Å²) in [5, 5.41) is 0. The Balaban J connectivity index is 2.14. The second-order valence-corrected chi connectivity index (χ2v) is 6.15. The van der Waals surface area contributed by atoms with E-state index in [1.165, 1.54) is 6.07 Å². The van der Waals surface area contributed by atoms with E-state index in [4.69, 9.17) is 5.73 Å². The maximum atomic E-state index is 13.7. The number of benzene rings is 1. The van der Waals surface area contributed by atoms with E-state index < -0.39 is 26.8 Å². The molecule has 0 spiro atoms. The van der Waals surface area contributed by atoms with E-state index in [2.05, 4.69) is 9.71 Å². The molecule has 1 aromatic carbocycles. The highest BCUT2D eigenvalue weighted by atomic mass is 32.2. The van der Waals surface area contributed by atoms with Crippen LogP contribution in [0.2, 0.25) is 0 Å². The predicted octanol–water partition coefficient (Wildman–Crippen LogP) is 0.971. The van der Waals surface area contributed by atoms with Gasteiger partial charge < -0.3 is 10.3 Å². The van der Waals surface area contributed by atoms with Gasteiger partial charge in [0.25, 0.3) is 0 Å². The Kier molecular flexibility index (Phi) is 4.05. The summed E-state index contributed by atoms with van der Waals surface area (Å²) < 4.78 is 42.0. The summed E-state index contributed by atoms with van der Waals surface area (Å²) in [7, 11) is -3.92. The largest absolute Gasteiger partial charge is 0.399 e. The smallest absolute Gasteiger partial charge is 0.243 e. The number of anilines is 1. The van der Waals surface area contributed by atoms with Crippen LogP contribution in [0.3, 0.4) is 0 Å². The Hall–Kier alpha value is -1.93. The monoisotopic (exact) mass is 298 g/mol. The van der Waals surface area contributed by atoms with Crippen LogP contribution in [0, 0.1) is 5.82 Å². The minimum Gasteiger partial charge on any atom is -0.399 e. The number of rotatable bonds is 5. The maximum absolute atomic E-state index is 13.7. The molecule has 0 saturated carbocycles. The Bertz CT molecular complexity index is 685. The normalized spacial score (nSPS) is 13.3. The van der Waals surface area contributed by atoms with E-state index in [0.717, 1.165) is 12.1 Å². The molecule has 0 amide bonds. The first kappa shape index (κ1) is 14.5. The molecule has 3 N–H and O–H groups in total. The fraction of sp³-hybridized carbons (Fsp3) is 0.250. The molecule has 0 bridgehead atoms. The Morgan fingerprint density at radius 3 is 2.85 bits per heavy atom. The summed E-state index contributed by atoms with van der Waals surface area (Å²) in [6.45, 7) is 2.09. The molecule has 2 aromatic rings. The fourth-order valence-electron chi connectivity index (χ4n) is 1.81. The SMILES string of the molecule is CC(Cn1ccnc1)NS(=O)(=O)c1ccc(N)cc1F. The predicted molar refractivity (Wildman–Crippen MR) is 72.8 cm³/mol. The topological polar surface area (TPSA) is 90.0 Å². The number of nitrogens with two attached hydrogens (primary N) is 1. The van der Waals surface area contributed by atoms with Crippen LogP contribution in [-0.2, 0) is 16.6 Å². The van der Waals surface area contributed by atoms with Crippen LogP contribution in [0.4, 0.5) is 10.1 Å². The quantitative estimate of drug-likeness (QED) is 0.805. The number of sulfonamides is 1. The third kappa shape index (κ3) is 3.34. The molecule has 1 atom stereocenters. The molecule has 0 aliphatic rings. The molecule has 0 aliphatic carbocycles. The number of halogens is 1. The van der Waals surface area contributed by atoms with E-state index in [1.807, 2.05) is 0 Å². The lowest BCUT2D eigenvalue weighted by Gasteiger charge is -2.15. The van der Waals surface area contributed by atoms with Gasteiger partial charge in [-0.2, -0.15) is 0 Å². The van der Waals surface area contributed by atoms with Crippen LogP contribution >= 0.6 is 0 Å². The molecule has 1 heterocycles. The van der Waals surface area contributed by atoms with Gasteiger partial charge in [0, 0.05) is 30.7 Å². The third-order valence-corrected chi connectivity index (χ3v) is 4.27. The second kappa shape index (κ2) is 5.59.